The molecule has 13 heavy (non-hydrogen) atoms. The third-order valence-corrected chi connectivity index (χ3v) is 2.68. The van der Waals surface area contributed by atoms with E-state index in [-0.39, 0.29) is 5.97 Å². The van der Waals surface area contributed by atoms with Gasteiger partial charge in [-0.2, -0.15) is 0 Å². The van der Waals surface area contributed by atoms with E-state index >= 15 is 0 Å². The Morgan fingerprint density at radius 2 is 2.23 bits per heavy atom. The SMILES string of the molecule is COC(=O)/C=C1/CC(C)(C)CC1C. The lowest BCUT2D eigenvalue weighted by Gasteiger charge is -2.14. The third kappa shape index (κ3) is 2.58. The average molecular weight is 182 g/mol. The molecule has 0 saturated heterocycles. The van der Waals surface area contributed by atoms with Gasteiger partial charge in [0.05, 0.1) is 7.11 Å². The number of carbonyl (C=O) groups excluding carboxylic acids is 1. The smallest absolute Gasteiger partial charge is 0.330 e. The fourth-order valence-electron chi connectivity index (χ4n) is 2.16. The number of methoxy groups -OCH3 is 1. The summed E-state index contributed by atoms with van der Waals surface area (Å²) in [5, 5.41) is 0. The van der Waals surface area contributed by atoms with Gasteiger partial charge >= 0.3 is 5.97 Å². The minimum atomic E-state index is -0.223. The van der Waals surface area contributed by atoms with E-state index in [1.54, 1.807) is 6.08 Å². The fourth-order valence-corrected chi connectivity index (χ4v) is 2.16. The van der Waals surface area contributed by atoms with Crippen LogP contribution in [0.5, 0.6) is 0 Å². The molecule has 0 bridgehead atoms. The Hall–Kier alpha value is -0.790. The molecule has 1 fully saturated rings. The van der Waals surface area contributed by atoms with Crippen molar-refractivity contribution in [3.63, 3.8) is 0 Å². The van der Waals surface area contributed by atoms with Crippen LogP contribution in [0.3, 0.4) is 0 Å². The summed E-state index contributed by atoms with van der Waals surface area (Å²) in [5.41, 5.74) is 1.58. The molecule has 0 aromatic heterocycles. The van der Waals surface area contributed by atoms with Gasteiger partial charge in [-0.05, 0) is 24.2 Å². The number of allylic oxidation sites excluding steroid dienone is 1. The van der Waals surface area contributed by atoms with E-state index in [4.69, 9.17) is 0 Å². The van der Waals surface area contributed by atoms with Crippen LogP contribution in [0.4, 0.5) is 0 Å². The Morgan fingerprint density at radius 1 is 1.62 bits per heavy atom. The van der Waals surface area contributed by atoms with Crippen molar-refractivity contribution >= 4 is 5.97 Å². The molecule has 74 valence electrons. The Kier molecular flexibility index (Phi) is 2.79. The number of hydrogen-bond acceptors (Lipinski definition) is 2. The van der Waals surface area contributed by atoms with Crippen LogP contribution in [0.2, 0.25) is 0 Å². The molecule has 1 aliphatic carbocycles. The molecule has 1 unspecified atom stereocenters. The molecule has 2 nitrogen and oxygen atoms in total. The summed E-state index contributed by atoms with van der Waals surface area (Å²) >= 11 is 0. The lowest BCUT2D eigenvalue weighted by molar-refractivity contribution is -0.134. The second-order valence-electron chi connectivity index (χ2n) is 4.69. The topological polar surface area (TPSA) is 26.3 Å². The molecule has 0 amide bonds. The van der Waals surface area contributed by atoms with E-state index < -0.39 is 0 Å². The maximum absolute atomic E-state index is 11.0. The summed E-state index contributed by atoms with van der Waals surface area (Å²) in [6.45, 7) is 6.65. The minimum absolute atomic E-state index is 0.223. The molecule has 0 spiro atoms. The maximum atomic E-state index is 11.0. The third-order valence-electron chi connectivity index (χ3n) is 2.68. The zero-order valence-electron chi connectivity index (χ0n) is 8.89. The normalized spacial score (nSPS) is 29.2. The Labute approximate surface area is 80.0 Å². The van der Waals surface area contributed by atoms with E-state index in [1.165, 1.54) is 12.7 Å². The molecule has 1 aliphatic rings. The second kappa shape index (κ2) is 3.52. The van der Waals surface area contributed by atoms with Gasteiger partial charge < -0.3 is 4.74 Å². The first-order chi connectivity index (χ1) is 5.94. The van der Waals surface area contributed by atoms with Gasteiger partial charge in [0.25, 0.3) is 0 Å². The zero-order valence-corrected chi connectivity index (χ0v) is 8.89. The van der Waals surface area contributed by atoms with Crippen LogP contribution in [0.1, 0.15) is 33.6 Å². The number of esters is 1. The highest BCUT2D eigenvalue weighted by molar-refractivity contribution is 5.82. The number of carbonyl (C=O) groups is 1. The second-order valence-corrected chi connectivity index (χ2v) is 4.69. The minimum Gasteiger partial charge on any atom is -0.466 e. The highest BCUT2D eigenvalue weighted by atomic mass is 16.5. The number of hydrogen-bond donors (Lipinski definition) is 0. The highest BCUT2D eigenvalue weighted by Crippen LogP contribution is 2.44. The van der Waals surface area contributed by atoms with Crippen LogP contribution < -0.4 is 0 Å². The van der Waals surface area contributed by atoms with Crippen molar-refractivity contribution < 1.29 is 9.53 Å². The molecule has 0 heterocycles. The van der Waals surface area contributed by atoms with Crippen LogP contribution in [-0.4, -0.2) is 13.1 Å². The molecule has 0 radical (unpaired) electrons. The predicted octanol–water partition coefficient (Wildman–Crippen LogP) is 2.54. The van der Waals surface area contributed by atoms with E-state index in [9.17, 15) is 4.79 Å². The van der Waals surface area contributed by atoms with Gasteiger partial charge in [-0.1, -0.05) is 26.3 Å². The number of ether oxygens (including phenoxy) is 1. The van der Waals surface area contributed by atoms with Gasteiger partial charge in [0.2, 0.25) is 0 Å². The van der Waals surface area contributed by atoms with E-state index in [0.717, 1.165) is 12.8 Å². The van der Waals surface area contributed by atoms with Crippen molar-refractivity contribution in [3.8, 4) is 0 Å². The lowest BCUT2D eigenvalue weighted by atomic mass is 9.91. The average Bonchev–Trinajstić information content (AvgIpc) is 2.24. The summed E-state index contributed by atoms with van der Waals surface area (Å²) < 4.78 is 4.61. The van der Waals surface area contributed by atoms with Crippen LogP contribution in [0.15, 0.2) is 11.6 Å². The molecule has 0 aliphatic heterocycles. The molecular formula is C11H18O2. The quantitative estimate of drug-likeness (QED) is 0.460. The summed E-state index contributed by atoms with van der Waals surface area (Å²) in [4.78, 5) is 11.0. The van der Waals surface area contributed by atoms with Crippen LogP contribution in [0, 0.1) is 11.3 Å². The molecular weight excluding hydrogens is 164 g/mol. The Morgan fingerprint density at radius 3 is 2.62 bits per heavy atom. The fraction of sp³-hybridized carbons (Fsp3) is 0.727. The maximum Gasteiger partial charge on any atom is 0.330 e. The Bertz CT molecular complexity index is 238. The first-order valence-corrected chi connectivity index (χ1v) is 4.73. The molecule has 0 aromatic rings. The van der Waals surface area contributed by atoms with Crippen molar-refractivity contribution in [3.05, 3.63) is 11.6 Å². The molecule has 0 N–H and O–H groups in total. The van der Waals surface area contributed by atoms with Gasteiger partial charge in [-0.3, -0.25) is 0 Å². The van der Waals surface area contributed by atoms with Gasteiger partial charge in [0.1, 0.15) is 0 Å². The van der Waals surface area contributed by atoms with Crippen molar-refractivity contribution in [1.82, 2.24) is 0 Å². The number of rotatable bonds is 1. The van der Waals surface area contributed by atoms with Gasteiger partial charge in [0, 0.05) is 6.08 Å². The predicted molar refractivity (Wildman–Crippen MR) is 52.3 cm³/mol. The summed E-state index contributed by atoms with van der Waals surface area (Å²) in [6.07, 6.45) is 3.83. The van der Waals surface area contributed by atoms with Gasteiger partial charge in [0.15, 0.2) is 0 Å². The summed E-state index contributed by atoms with van der Waals surface area (Å²) in [5.74, 6) is 0.300. The van der Waals surface area contributed by atoms with E-state index in [1.807, 2.05) is 0 Å². The monoisotopic (exact) mass is 182 g/mol. The van der Waals surface area contributed by atoms with E-state index in [0.29, 0.717) is 11.3 Å². The van der Waals surface area contributed by atoms with Crippen LogP contribution in [0.25, 0.3) is 0 Å². The lowest BCUT2D eigenvalue weighted by Crippen LogP contribution is -2.03. The molecule has 0 aromatic carbocycles. The van der Waals surface area contributed by atoms with Gasteiger partial charge in [-0.25, -0.2) is 4.79 Å². The molecule has 1 rings (SSSR count). The standard InChI is InChI=1S/C11H18O2/c1-8-6-11(2,3)7-9(8)5-10(12)13-4/h5,8H,6-7H2,1-4H3/b9-5-. The van der Waals surface area contributed by atoms with Crippen molar-refractivity contribution in [2.45, 2.75) is 33.6 Å². The van der Waals surface area contributed by atoms with Crippen molar-refractivity contribution in [2.24, 2.45) is 11.3 Å². The van der Waals surface area contributed by atoms with Crippen LogP contribution >= 0.6 is 0 Å². The molecule has 1 saturated carbocycles. The van der Waals surface area contributed by atoms with E-state index in [2.05, 4.69) is 25.5 Å². The zero-order chi connectivity index (χ0) is 10.1. The Balaban J connectivity index is 2.73. The summed E-state index contributed by atoms with van der Waals surface area (Å²) in [6, 6.07) is 0. The largest absolute Gasteiger partial charge is 0.466 e. The van der Waals surface area contributed by atoms with Crippen molar-refractivity contribution in [2.75, 3.05) is 7.11 Å². The van der Waals surface area contributed by atoms with Gasteiger partial charge in [-0.15, -0.1) is 0 Å². The highest BCUT2D eigenvalue weighted by Gasteiger charge is 2.32. The molecule has 2 heteroatoms. The first-order valence-electron chi connectivity index (χ1n) is 4.73. The molecule has 1 atom stereocenters. The van der Waals surface area contributed by atoms with Crippen LogP contribution in [-0.2, 0) is 9.53 Å². The first kappa shape index (κ1) is 10.3. The summed E-state index contributed by atoms with van der Waals surface area (Å²) in [7, 11) is 1.42. The van der Waals surface area contributed by atoms with Crippen molar-refractivity contribution in [1.29, 1.82) is 0 Å².